The Morgan fingerprint density at radius 2 is 1.92 bits per heavy atom. The highest BCUT2D eigenvalue weighted by molar-refractivity contribution is 7.18. The Kier molecular flexibility index (Phi) is 6.67. The lowest BCUT2D eigenvalue weighted by molar-refractivity contribution is -0.127. The standard InChI is InChI=1S/C6H12NOP.CH2O2/c8-6(5-9)7-3-1-2-4-7;2-1-3/h1-5,9H2;1H,(H,2,3). The first-order chi connectivity index (χ1) is 5.76. The summed E-state index contributed by atoms with van der Waals surface area (Å²) in [5, 5.41) is 6.89. The molecule has 0 aromatic carbocycles. The molecule has 0 radical (unpaired) electrons. The van der Waals surface area contributed by atoms with Crippen molar-refractivity contribution >= 4 is 21.6 Å². The maximum atomic E-state index is 10.9. The van der Waals surface area contributed by atoms with E-state index >= 15 is 0 Å². The van der Waals surface area contributed by atoms with Crippen molar-refractivity contribution in [3.8, 4) is 0 Å². The number of rotatable bonds is 1. The molecule has 0 aromatic heterocycles. The fraction of sp³-hybridized carbons (Fsp3) is 0.714. The molecule has 1 unspecified atom stereocenters. The van der Waals surface area contributed by atoms with Crippen LogP contribution >= 0.6 is 9.24 Å². The van der Waals surface area contributed by atoms with Crippen LogP contribution in [0.5, 0.6) is 0 Å². The minimum absolute atomic E-state index is 0.250. The Labute approximate surface area is 74.1 Å². The first-order valence-corrected chi connectivity index (χ1v) is 4.63. The van der Waals surface area contributed by atoms with Crippen molar-refractivity contribution in [1.82, 2.24) is 4.90 Å². The van der Waals surface area contributed by atoms with Crippen molar-refractivity contribution in [3.05, 3.63) is 0 Å². The van der Waals surface area contributed by atoms with Gasteiger partial charge in [-0.05, 0) is 12.8 Å². The zero-order valence-corrected chi connectivity index (χ0v) is 8.06. The van der Waals surface area contributed by atoms with E-state index in [4.69, 9.17) is 9.90 Å². The molecular formula is C7H14NO3P. The normalized spacial score (nSPS) is 14.9. The number of amides is 1. The van der Waals surface area contributed by atoms with E-state index in [1.807, 2.05) is 4.90 Å². The predicted molar refractivity (Wildman–Crippen MR) is 49.1 cm³/mol. The molecule has 1 rings (SSSR count). The molecule has 1 aliphatic rings. The molecule has 4 nitrogen and oxygen atoms in total. The summed E-state index contributed by atoms with van der Waals surface area (Å²) in [4.78, 5) is 21.2. The molecule has 1 heterocycles. The van der Waals surface area contributed by atoms with Gasteiger partial charge in [-0.2, -0.15) is 0 Å². The number of carbonyl (C=O) groups excluding carboxylic acids is 1. The average molecular weight is 191 g/mol. The molecule has 5 heteroatoms. The molecule has 1 atom stereocenters. The van der Waals surface area contributed by atoms with E-state index in [9.17, 15) is 4.79 Å². The van der Waals surface area contributed by atoms with Crippen LogP contribution in [0.25, 0.3) is 0 Å². The zero-order valence-electron chi connectivity index (χ0n) is 6.90. The number of hydrogen-bond acceptors (Lipinski definition) is 2. The smallest absolute Gasteiger partial charge is 0.290 e. The van der Waals surface area contributed by atoms with E-state index in [1.165, 1.54) is 12.8 Å². The lowest BCUT2D eigenvalue weighted by atomic mass is 10.4. The first-order valence-electron chi connectivity index (χ1n) is 3.82. The molecule has 1 amide bonds. The Morgan fingerprint density at radius 3 is 2.25 bits per heavy atom. The van der Waals surface area contributed by atoms with Gasteiger partial charge in [-0.15, -0.1) is 9.24 Å². The van der Waals surface area contributed by atoms with Gasteiger partial charge in [0.1, 0.15) is 0 Å². The van der Waals surface area contributed by atoms with Gasteiger partial charge in [0.25, 0.3) is 6.47 Å². The van der Waals surface area contributed by atoms with E-state index in [0.717, 1.165) is 13.1 Å². The van der Waals surface area contributed by atoms with Crippen molar-refractivity contribution in [3.63, 3.8) is 0 Å². The third-order valence-corrected chi connectivity index (χ3v) is 1.98. The molecular weight excluding hydrogens is 177 g/mol. The average Bonchev–Trinajstić information content (AvgIpc) is 2.56. The van der Waals surface area contributed by atoms with Crippen LogP contribution in [0.1, 0.15) is 12.8 Å². The second-order valence-corrected chi connectivity index (χ2v) is 2.81. The summed E-state index contributed by atoms with van der Waals surface area (Å²) >= 11 is 0. The van der Waals surface area contributed by atoms with Crippen LogP contribution in [0.3, 0.4) is 0 Å². The van der Waals surface area contributed by atoms with Crippen molar-refractivity contribution < 1.29 is 14.7 Å². The molecule has 0 spiro atoms. The molecule has 0 saturated carbocycles. The number of likely N-dealkylation sites (tertiary alicyclic amines) is 1. The van der Waals surface area contributed by atoms with E-state index in [1.54, 1.807) is 0 Å². The zero-order chi connectivity index (χ0) is 9.40. The van der Waals surface area contributed by atoms with Crippen LogP contribution in [-0.4, -0.2) is 41.6 Å². The summed E-state index contributed by atoms with van der Waals surface area (Å²) in [7, 11) is 2.46. The van der Waals surface area contributed by atoms with Crippen LogP contribution in [0.4, 0.5) is 0 Å². The maximum absolute atomic E-state index is 10.9. The highest BCUT2D eigenvalue weighted by Crippen LogP contribution is 2.07. The largest absolute Gasteiger partial charge is 0.483 e. The summed E-state index contributed by atoms with van der Waals surface area (Å²) in [6.07, 6.45) is 2.97. The van der Waals surface area contributed by atoms with Gasteiger partial charge in [-0.3, -0.25) is 9.59 Å². The SMILES string of the molecule is O=C(CP)N1CCCC1.O=CO. The van der Waals surface area contributed by atoms with Crippen LogP contribution < -0.4 is 0 Å². The molecule has 1 saturated heterocycles. The van der Waals surface area contributed by atoms with Gasteiger partial charge in [-0.1, -0.05) is 0 Å². The third-order valence-electron chi connectivity index (χ3n) is 1.63. The maximum Gasteiger partial charge on any atom is 0.290 e. The van der Waals surface area contributed by atoms with E-state index in [2.05, 4.69) is 9.24 Å². The second-order valence-electron chi connectivity index (χ2n) is 2.40. The summed E-state index contributed by atoms with van der Waals surface area (Å²) in [6.45, 7) is 1.71. The van der Waals surface area contributed by atoms with Crippen molar-refractivity contribution in [2.75, 3.05) is 19.3 Å². The van der Waals surface area contributed by atoms with Crippen LogP contribution in [0.15, 0.2) is 0 Å². The fourth-order valence-electron chi connectivity index (χ4n) is 1.10. The predicted octanol–water partition coefficient (Wildman–Crippen LogP) is 0.185. The summed E-state index contributed by atoms with van der Waals surface area (Å²) in [5.41, 5.74) is 0. The van der Waals surface area contributed by atoms with Crippen molar-refractivity contribution in [2.45, 2.75) is 12.8 Å². The van der Waals surface area contributed by atoms with E-state index < -0.39 is 0 Å². The van der Waals surface area contributed by atoms with Crippen LogP contribution in [-0.2, 0) is 9.59 Å². The fourth-order valence-corrected chi connectivity index (χ4v) is 1.35. The lowest BCUT2D eigenvalue weighted by Crippen LogP contribution is -2.28. The van der Waals surface area contributed by atoms with Crippen molar-refractivity contribution in [1.29, 1.82) is 0 Å². The van der Waals surface area contributed by atoms with E-state index in [0.29, 0.717) is 6.16 Å². The Hall–Kier alpha value is -0.630. The second kappa shape index (κ2) is 7.04. The van der Waals surface area contributed by atoms with Gasteiger partial charge in [0.05, 0.1) is 0 Å². The molecule has 0 aromatic rings. The molecule has 1 aliphatic heterocycles. The molecule has 70 valence electrons. The Bertz CT molecular complexity index is 146. The van der Waals surface area contributed by atoms with Gasteiger partial charge in [0.2, 0.25) is 5.91 Å². The number of hydrogen-bond donors (Lipinski definition) is 1. The lowest BCUT2D eigenvalue weighted by Gasteiger charge is -2.12. The Morgan fingerprint density at radius 1 is 1.50 bits per heavy atom. The van der Waals surface area contributed by atoms with Gasteiger partial charge < -0.3 is 10.0 Å². The quantitative estimate of drug-likeness (QED) is 0.475. The summed E-state index contributed by atoms with van der Waals surface area (Å²) < 4.78 is 0. The summed E-state index contributed by atoms with van der Waals surface area (Å²) in [5.74, 6) is 0.275. The molecule has 0 bridgehead atoms. The highest BCUT2D eigenvalue weighted by atomic mass is 31.0. The van der Waals surface area contributed by atoms with Crippen molar-refractivity contribution in [2.24, 2.45) is 0 Å². The van der Waals surface area contributed by atoms with Crippen LogP contribution in [0, 0.1) is 0 Å². The monoisotopic (exact) mass is 191 g/mol. The first kappa shape index (κ1) is 11.4. The summed E-state index contributed by atoms with van der Waals surface area (Å²) in [6, 6.07) is 0. The Balaban J connectivity index is 0.000000354. The van der Waals surface area contributed by atoms with Gasteiger partial charge in [-0.25, -0.2) is 0 Å². The molecule has 12 heavy (non-hydrogen) atoms. The minimum Gasteiger partial charge on any atom is -0.483 e. The number of carboxylic acid groups (broad SMARTS) is 1. The highest BCUT2D eigenvalue weighted by Gasteiger charge is 2.15. The minimum atomic E-state index is -0.250. The number of nitrogens with zero attached hydrogens (tertiary/aromatic N) is 1. The van der Waals surface area contributed by atoms with Crippen LogP contribution in [0.2, 0.25) is 0 Å². The van der Waals surface area contributed by atoms with Gasteiger partial charge in [0.15, 0.2) is 0 Å². The van der Waals surface area contributed by atoms with Gasteiger partial charge in [0, 0.05) is 19.3 Å². The molecule has 1 fully saturated rings. The molecule has 1 N–H and O–H groups in total. The molecule has 0 aliphatic carbocycles. The van der Waals surface area contributed by atoms with E-state index in [-0.39, 0.29) is 12.4 Å². The van der Waals surface area contributed by atoms with Gasteiger partial charge >= 0.3 is 0 Å². The number of carbonyl (C=O) groups is 2. The topological polar surface area (TPSA) is 57.6 Å². The third kappa shape index (κ3) is 4.29.